The van der Waals surface area contributed by atoms with Crippen molar-refractivity contribution < 1.29 is 9.53 Å². The highest BCUT2D eigenvalue weighted by molar-refractivity contribution is 5.80. The van der Waals surface area contributed by atoms with E-state index in [4.69, 9.17) is 4.74 Å². The maximum absolute atomic E-state index is 12.0. The molecular formula is C21H35N7O2. The van der Waals surface area contributed by atoms with E-state index in [1.54, 1.807) is 0 Å². The largest absolute Gasteiger partial charge is 0.444 e. The van der Waals surface area contributed by atoms with Gasteiger partial charge in [0, 0.05) is 25.3 Å². The second kappa shape index (κ2) is 11.4. The number of hydrogen-bond donors (Lipinski definition) is 3. The summed E-state index contributed by atoms with van der Waals surface area (Å²) in [6.45, 7) is 11.3. The number of guanidine groups is 1. The Morgan fingerprint density at radius 1 is 1.23 bits per heavy atom. The number of pyridine rings is 1. The van der Waals surface area contributed by atoms with Crippen molar-refractivity contribution in [2.24, 2.45) is 4.99 Å². The number of aromatic nitrogens is 3. The lowest BCUT2D eigenvalue weighted by Crippen LogP contribution is -2.49. The van der Waals surface area contributed by atoms with Gasteiger partial charge in [-0.25, -0.2) is 9.79 Å². The lowest BCUT2D eigenvalue weighted by Gasteiger charge is -2.24. The lowest BCUT2D eigenvalue weighted by molar-refractivity contribution is 0.0522. The first-order valence-corrected chi connectivity index (χ1v) is 10.6. The highest BCUT2D eigenvalue weighted by Gasteiger charge is 2.18. The number of ether oxygens (including phenoxy) is 1. The van der Waals surface area contributed by atoms with Gasteiger partial charge in [-0.15, -0.1) is 10.2 Å². The molecule has 1 atom stereocenters. The highest BCUT2D eigenvalue weighted by Crippen LogP contribution is 2.07. The average molecular weight is 418 g/mol. The molecule has 0 aliphatic rings. The summed E-state index contributed by atoms with van der Waals surface area (Å²) in [5.74, 6) is 1.44. The van der Waals surface area contributed by atoms with Gasteiger partial charge in [0.15, 0.2) is 17.4 Å². The number of nitrogens with zero attached hydrogens (tertiary/aromatic N) is 4. The molecule has 0 aliphatic carbocycles. The third-order valence-electron chi connectivity index (χ3n) is 4.25. The van der Waals surface area contributed by atoms with Crippen LogP contribution in [0.15, 0.2) is 29.4 Å². The van der Waals surface area contributed by atoms with Crippen molar-refractivity contribution in [3.8, 4) is 0 Å². The summed E-state index contributed by atoms with van der Waals surface area (Å²) in [7, 11) is 0. The Morgan fingerprint density at radius 2 is 2.03 bits per heavy atom. The van der Waals surface area contributed by atoms with Crippen molar-refractivity contribution in [1.29, 1.82) is 0 Å². The summed E-state index contributed by atoms with van der Waals surface area (Å²) < 4.78 is 7.26. The first kappa shape index (κ1) is 23.4. The molecule has 1 amide bonds. The van der Waals surface area contributed by atoms with Crippen LogP contribution in [0.3, 0.4) is 0 Å². The molecule has 2 aromatic rings. The third kappa shape index (κ3) is 7.88. The van der Waals surface area contributed by atoms with E-state index in [1.807, 2.05) is 56.5 Å². The van der Waals surface area contributed by atoms with E-state index in [-0.39, 0.29) is 6.04 Å². The summed E-state index contributed by atoms with van der Waals surface area (Å²) in [5.41, 5.74) is 0.274. The molecule has 0 aliphatic heterocycles. The Kier molecular flexibility index (Phi) is 8.89. The number of rotatable bonds is 9. The van der Waals surface area contributed by atoms with Crippen LogP contribution in [0.4, 0.5) is 4.79 Å². The maximum Gasteiger partial charge on any atom is 0.407 e. The van der Waals surface area contributed by atoms with Crippen LogP contribution in [0.5, 0.6) is 0 Å². The molecular weight excluding hydrogens is 382 g/mol. The van der Waals surface area contributed by atoms with E-state index < -0.39 is 11.7 Å². The second-order valence-electron chi connectivity index (χ2n) is 8.11. The molecule has 0 saturated heterocycles. The number of unbranched alkanes of at least 4 members (excludes halogenated alkanes) is 1. The number of carbonyl (C=O) groups excluding carboxylic acids is 1. The Hall–Kier alpha value is -2.84. The van der Waals surface area contributed by atoms with Gasteiger partial charge in [0.2, 0.25) is 0 Å². The van der Waals surface area contributed by atoms with Crippen molar-refractivity contribution in [2.75, 3.05) is 13.1 Å². The van der Waals surface area contributed by atoms with Gasteiger partial charge in [0.1, 0.15) is 12.1 Å². The van der Waals surface area contributed by atoms with Crippen LogP contribution < -0.4 is 16.0 Å². The van der Waals surface area contributed by atoms with Gasteiger partial charge in [-0.3, -0.25) is 4.40 Å². The fourth-order valence-electron chi connectivity index (χ4n) is 2.86. The molecule has 9 heteroatoms. The molecule has 0 radical (unpaired) electrons. The SMILES string of the molecule is CCCCC(CNC(=O)OC(C)(C)C)NC(=NCc1nnc2ccccn12)NCC. The molecule has 30 heavy (non-hydrogen) atoms. The molecule has 166 valence electrons. The minimum atomic E-state index is -0.520. The number of hydrogen-bond acceptors (Lipinski definition) is 5. The Labute approximate surface area is 178 Å². The maximum atomic E-state index is 12.0. The zero-order valence-electron chi connectivity index (χ0n) is 18.7. The topological polar surface area (TPSA) is 105 Å². The van der Waals surface area contributed by atoms with Gasteiger partial charge in [-0.05, 0) is 46.2 Å². The fourth-order valence-corrected chi connectivity index (χ4v) is 2.86. The summed E-state index contributed by atoms with van der Waals surface area (Å²) in [5, 5.41) is 17.9. The van der Waals surface area contributed by atoms with Gasteiger partial charge in [0.05, 0.1) is 0 Å². The first-order chi connectivity index (χ1) is 14.3. The number of fused-ring (bicyclic) bond motifs is 1. The van der Waals surface area contributed by atoms with Gasteiger partial charge in [0.25, 0.3) is 0 Å². The highest BCUT2D eigenvalue weighted by atomic mass is 16.6. The van der Waals surface area contributed by atoms with E-state index in [0.717, 1.165) is 37.3 Å². The van der Waals surface area contributed by atoms with Gasteiger partial charge in [-0.2, -0.15) is 0 Å². The molecule has 0 spiro atoms. The van der Waals surface area contributed by atoms with Crippen LogP contribution in [0, 0.1) is 0 Å². The normalized spacial score (nSPS) is 13.2. The average Bonchev–Trinajstić information content (AvgIpc) is 3.10. The predicted molar refractivity (Wildman–Crippen MR) is 118 cm³/mol. The summed E-state index contributed by atoms with van der Waals surface area (Å²) >= 11 is 0. The van der Waals surface area contributed by atoms with Crippen molar-refractivity contribution in [2.45, 2.75) is 72.1 Å². The van der Waals surface area contributed by atoms with E-state index >= 15 is 0 Å². The molecule has 0 bridgehead atoms. The van der Waals surface area contributed by atoms with Crippen LogP contribution >= 0.6 is 0 Å². The summed E-state index contributed by atoms with van der Waals surface area (Å²) in [6, 6.07) is 5.81. The molecule has 0 saturated carbocycles. The zero-order valence-corrected chi connectivity index (χ0v) is 18.7. The summed E-state index contributed by atoms with van der Waals surface area (Å²) in [4.78, 5) is 16.7. The molecule has 2 rings (SSSR count). The lowest BCUT2D eigenvalue weighted by atomic mass is 10.1. The van der Waals surface area contributed by atoms with Crippen molar-refractivity contribution in [1.82, 2.24) is 30.5 Å². The molecule has 2 heterocycles. The molecule has 2 aromatic heterocycles. The third-order valence-corrected chi connectivity index (χ3v) is 4.25. The van der Waals surface area contributed by atoms with Crippen LogP contribution in [0.2, 0.25) is 0 Å². The van der Waals surface area contributed by atoms with E-state index in [2.05, 4.69) is 38.1 Å². The number of amides is 1. The van der Waals surface area contributed by atoms with Crippen LogP contribution in [0.1, 0.15) is 59.7 Å². The number of nitrogens with one attached hydrogen (secondary N) is 3. The number of alkyl carbamates (subject to hydrolysis) is 1. The van der Waals surface area contributed by atoms with Crippen molar-refractivity contribution in [3.63, 3.8) is 0 Å². The van der Waals surface area contributed by atoms with Crippen LogP contribution in [-0.4, -0.2) is 51.4 Å². The molecule has 1 unspecified atom stereocenters. The molecule has 3 N–H and O–H groups in total. The first-order valence-electron chi connectivity index (χ1n) is 10.6. The second-order valence-corrected chi connectivity index (χ2v) is 8.11. The molecule has 9 nitrogen and oxygen atoms in total. The number of carbonyl (C=O) groups is 1. The quantitative estimate of drug-likeness (QED) is 0.428. The van der Waals surface area contributed by atoms with Crippen molar-refractivity contribution >= 4 is 17.7 Å². The monoisotopic (exact) mass is 417 g/mol. The Bertz CT molecular complexity index is 826. The summed E-state index contributed by atoms with van der Waals surface area (Å²) in [6.07, 6.45) is 4.54. The van der Waals surface area contributed by atoms with Crippen molar-refractivity contribution in [3.05, 3.63) is 30.2 Å². The van der Waals surface area contributed by atoms with Crippen LogP contribution in [-0.2, 0) is 11.3 Å². The van der Waals surface area contributed by atoms with Gasteiger partial charge < -0.3 is 20.7 Å². The standard InChI is InChI=1S/C21H35N7O2/c1-6-8-11-16(14-24-20(29)30-21(3,4)5)25-19(22-7-2)23-15-18-27-26-17-12-9-10-13-28(17)18/h9-10,12-13,16H,6-8,11,14-15H2,1-5H3,(H,24,29)(H2,22,23,25). The Morgan fingerprint density at radius 3 is 2.73 bits per heavy atom. The predicted octanol–water partition coefficient (Wildman–Crippen LogP) is 2.87. The fraction of sp³-hybridized carbons (Fsp3) is 0.619. The van der Waals surface area contributed by atoms with Gasteiger partial charge in [-0.1, -0.05) is 25.8 Å². The minimum Gasteiger partial charge on any atom is -0.444 e. The van der Waals surface area contributed by atoms with Crippen LogP contribution in [0.25, 0.3) is 5.65 Å². The Balaban J connectivity index is 2.03. The molecule has 0 fully saturated rings. The minimum absolute atomic E-state index is 0.0328. The van der Waals surface area contributed by atoms with E-state index in [9.17, 15) is 4.79 Å². The van der Waals surface area contributed by atoms with E-state index in [1.165, 1.54) is 0 Å². The zero-order chi connectivity index (χ0) is 22.0. The molecule has 0 aromatic carbocycles. The van der Waals surface area contributed by atoms with Gasteiger partial charge >= 0.3 is 6.09 Å². The smallest absolute Gasteiger partial charge is 0.407 e. The van der Waals surface area contributed by atoms with E-state index in [0.29, 0.717) is 19.0 Å². The number of aliphatic imine (C=N–C) groups is 1.